The summed E-state index contributed by atoms with van der Waals surface area (Å²) in [7, 11) is 0. The summed E-state index contributed by atoms with van der Waals surface area (Å²) in [6.45, 7) is 0. The lowest BCUT2D eigenvalue weighted by Gasteiger charge is -1.99. The topological polar surface area (TPSA) is 20.2 Å². The van der Waals surface area contributed by atoms with Gasteiger partial charge in [0.15, 0.2) is 0 Å². The van der Waals surface area contributed by atoms with Crippen LogP contribution in [0.1, 0.15) is 0 Å². The minimum Gasteiger partial charge on any atom is -0.506 e. The van der Waals surface area contributed by atoms with E-state index in [0.29, 0.717) is 10.8 Å². The summed E-state index contributed by atoms with van der Waals surface area (Å²) >= 11 is 9.77. The van der Waals surface area contributed by atoms with E-state index < -0.39 is 0 Å². The fraction of sp³-hybridized carbons (Fsp3) is 0. The molecule has 1 N–H and O–H groups in total. The van der Waals surface area contributed by atoms with Gasteiger partial charge in [0, 0.05) is 5.02 Å². The molecule has 1 nitrogen and oxygen atoms in total. The lowest BCUT2D eigenvalue weighted by molar-refractivity contribution is 0.467. The van der Waals surface area contributed by atoms with Crippen molar-refractivity contribution in [1.82, 2.24) is 0 Å². The molecule has 0 radical (unpaired) electrons. The van der Waals surface area contributed by atoms with Crippen molar-refractivity contribution >= 4 is 56.8 Å². The van der Waals surface area contributed by atoms with Crippen LogP contribution in [0.4, 0.5) is 0 Å². The molecule has 0 aliphatic heterocycles. The van der Waals surface area contributed by atoms with Crippen molar-refractivity contribution in [2.75, 3.05) is 0 Å². The summed E-state index contributed by atoms with van der Waals surface area (Å²) in [5.74, 6) is 0.311. The Labute approximate surface area is 91.1 Å². The molecule has 0 aliphatic rings. The highest BCUT2D eigenvalue weighted by Crippen LogP contribution is 2.28. The van der Waals surface area contributed by atoms with Crippen molar-refractivity contribution in [2.45, 2.75) is 0 Å². The average molecular weight is 380 g/mol. The second kappa shape index (κ2) is 3.44. The van der Waals surface area contributed by atoms with Crippen LogP contribution in [-0.4, -0.2) is 5.11 Å². The molecule has 0 saturated carbocycles. The van der Waals surface area contributed by atoms with Crippen molar-refractivity contribution in [3.8, 4) is 5.75 Å². The van der Waals surface area contributed by atoms with Crippen LogP contribution in [0.5, 0.6) is 5.75 Å². The van der Waals surface area contributed by atoms with Crippen LogP contribution in [0.15, 0.2) is 12.1 Å². The molecule has 0 fully saturated rings. The Balaban J connectivity index is 3.31. The van der Waals surface area contributed by atoms with Crippen LogP contribution in [0.3, 0.4) is 0 Å². The second-order valence-corrected chi connectivity index (χ2v) is 4.48. The Bertz CT molecular complexity index is 239. The molecule has 0 amide bonds. The van der Waals surface area contributed by atoms with Crippen LogP contribution >= 0.6 is 56.8 Å². The molecule has 10 heavy (non-hydrogen) atoms. The molecule has 54 valence electrons. The Morgan fingerprint density at radius 3 is 2.00 bits per heavy atom. The molecule has 1 aromatic carbocycles. The summed E-state index contributed by atoms with van der Waals surface area (Å²) in [5, 5.41) is 9.92. The smallest absolute Gasteiger partial charge is 0.142 e. The maximum absolute atomic E-state index is 9.26. The van der Waals surface area contributed by atoms with Gasteiger partial charge >= 0.3 is 0 Å². The molecule has 1 rings (SSSR count). The third-order valence-electron chi connectivity index (χ3n) is 0.982. The van der Waals surface area contributed by atoms with E-state index in [-0.39, 0.29) is 0 Å². The molecule has 1 aromatic rings. The number of aromatic hydroxyl groups is 1. The van der Waals surface area contributed by atoms with E-state index in [0.717, 1.165) is 7.14 Å². The zero-order valence-corrected chi connectivity index (χ0v) is 9.81. The maximum atomic E-state index is 9.26. The normalized spacial score (nSPS) is 9.90. The minimum atomic E-state index is 0.311. The lowest BCUT2D eigenvalue weighted by atomic mass is 10.3. The number of hydrogen-bond donors (Lipinski definition) is 1. The SMILES string of the molecule is Oc1c(I)cc(Cl)cc1I. The predicted molar refractivity (Wildman–Crippen MR) is 58.6 cm³/mol. The van der Waals surface area contributed by atoms with E-state index >= 15 is 0 Å². The van der Waals surface area contributed by atoms with Crippen LogP contribution in [0.2, 0.25) is 5.02 Å². The third-order valence-corrected chi connectivity index (χ3v) is 2.84. The van der Waals surface area contributed by atoms with Gasteiger partial charge in [0.1, 0.15) is 5.75 Å². The van der Waals surface area contributed by atoms with E-state index in [4.69, 9.17) is 11.6 Å². The molecule has 0 saturated heterocycles. The van der Waals surface area contributed by atoms with Gasteiger partial charge in [0.2, 0.25) is 0 Å². The Morgan fingerprint density at radius 2 is 1.60 bits per heavy atom. The van der Waals surface area contributed by atoms with Gasteiger partial charge in [-0.15, -0.1) is 0 Å². The van der Waals surface area contributed by atoms with Crippen LogP contribution in [0.25, 0.3) is 0 Å². The van der Waals surface area contributed by atoms with Gasteiger partial charge in [-0.3, -0.25) is 0 Å². The van der Waals surface area contributed by atoms with Gasteiger partial charge in [0.25, 0.3) is 0 Å². The first-order valence-electron chi connectivity index (χ1n) is 2.45. The van der Waals surface area contributed by atoms with Crippen LogP contribution in [-0.2, 0) is 0 Å². The number of phenolic OH excluding ortho intramolecular Hbond substituents is 1. The molecule has 0 heterocycles. The van der Waals surface area contributed by atoms with Gasteiger partial charge in [-0.1, -0.05) is 11.6 Å². The predicted octanol–water partition coefficient (Wildman–Crippen LogP) is 3.25. The van der Waals surface area contributed by atoms with Gasteiger partial charge in [0.05, 0.1) is 7.14 Å². The van der Waals surface area contributed by atoms with Gasteiger partial charge in [-0.2, -0.15) is 0 Å². The average Bonchev–Trinajstić information content (AvgIpc) is 1.82. The van der Waals surface area contributed by atoms with Crippen molar-refractivity contribution in [2.24, 2.45) is 0 Å². The van der Waals surface area contributed by atoms with Gasteiger partial charge < -0.3 is 5.11 Å². The molecule has 0 aromatic heterocycles. The highest BCUT2D eigenvalue weighted by molar-refractivity contribution is 14.1. The molecular formula is C6H3ClI2O. The highest BCUT2D eigenvalue weighted by atomic mass is 127. The minimum absolute atomic E-state index is 0.311. The Morgan fingerprint density at radius 1 is 1.20 bits per heavy atom. The number of hydrogen-bond acceptors (Lipinski definition) is 1. The molecule has 0 spiro atoms. The van der Waals surface area contributed by atoms with Crippen LogP contribution in [0, 0.1) is 7.14 Å². The summed E-state index contributed by atoms with van der Waals surface area (Å²) in [4.78, 5) is 0. The first-order valence-corrected chi connectivity index (χ1v) is 4.98. The molecule has 0 atom stereocenters. The van der Waals surface area contributed by atoms with Gasteiger partial charge in [-0.05, 0) is 57.3 Å². The Hall–Kier alpha value is 0.770. The molecular weight excluding hydrogens is 377 g/mol. The van der Waals surface area contributed by atoms with E-state index in [1.807, 2.05) is 45.2 Å². The summed E-state index contributed by atoms with van der Waals surface area (Å²) in [5.41, 5.74) is 0. The monoisotopic (exact) mass is 380 g/mol. The van der Waals surface area contributed by atoms with E-state index in [2.05, 4.69) is 0 Å². The highest BCUT2D eigenvalue weighted by Gasteiger charge is 2.02. The zero-order chi connectivity index (χ0) is 7.72. The molecule has 4 heteroatoms. The summed E-state index contributed by atoms with van der Waals surface area (Å²) in [6, 6.07) is 3.44. The molecule has 0 bridgehead atoms. The Kier molecular flexibility index (Phi) is 3.05. The standard InChI is InChI=1S/C6H3ClI2O/c7-3-1-4(8)6(10)5(9)2-3/h1-2,10H. The zero-order valence-electron chi connectivity index (χ0n) is 4.74. The van der Waals surface area contributed by atoms with Crippen molar-refractivity contribution in [3.63, 3.8) is 0 Å². The number of phenols is 1. The first kappa shape index (κ1) is 8.86. The van der Waals surface area contributed by atoms with Crippen molar-refractivity contribution in [1.29, 1.82) is 0 Å². The van der Waals surface area contributed by atoms with Crippen molar-refractivity contribution in [3.05, 3.63) is 24.3 Å². The fourth-order valence-corrected chi connectivity index (χ4v) is 2.89. The maximum Gasteiger partial charge on any atom is 0.142 e. The van der Waals surface area contributed by atoms with E-state index in [1.54, 1.807) is 12.1 Å². The quantitative estimate of drug-likeness (QED) is 0.685. The van der Waals surface area contributed by atoms with E-state index in [1.165, 1.54) is 0 Å². The summed E-state index contributed by atoms with van der Waals surface area (Å²) < 4.78 is 1.57. The lowest BCUT2D eigenvalue weighted by Crippen LogP contribution is -1.78. The van der Waals surface area contributed by atoms with Gasteiger partial charge in [-0.25, -0.2) is 0 Å². The van der Waals surface area contributed by atoms with Crippen molar-refractivity contribution < 1.29 is 5.11 Å². The summed E-state index contributed by atoms with van der Waals surface area (Å²) in [6.07, 6.45) is 0. The third kappa shape index (κ3) is 1.88. The number of rotatable bonds is 0. The molecule has 0 aliphatic carbocycles. The second-order valence-electron chi connectivity index (χ2n) is 1.72. The largest absolute Gasteiger partial charge is 0.506 e. The van der Waals surface area contributed by atoms with Crippen LogP contribution < -0.4 is 0 Å². The number of halogens is 3. The first-order chi connectivity index (χ1) is 4.61. The fourth-order valence-electron chi connectivity index (χ4n) is 0.535. The molecule has 0 unspecified atom stereocenters. The van der Waals surface area contributed by atoms with E-state index in [9.17, 15) is 5.11 Å². The number of benzene rings is 1.